The third-order valence-corrected chi connectivity index (χ3v) is 5.21. The fraction of sp³-hybridized carbons (Fsp3) is 0.412. The zero-order valence-electron chi connectivity index (χ0n) is 12.3. The fourth-order valence-electron chi connectivity index (χ4n) is 2.48. The lowest BCUT2D eigenvalue weighted by Crippen LogP contribution is -2.24. The van der Waals surface area contributed by atoms with E-state index in [2.05, 4.69) is 68.8 Å². The van der Waals surface area contributed by atoms with E-state index in [9.17, 15) is 0 Å². The third-order valence-electron chi connectivity index (χ3n) is 3.86. The molecule has 2 nitrogen and oxygen atoms in total. The van der Waals surface area contributed by atoms with Crippen molar-refractivity contribution in [1.29, 1.82) is 0 Å². The average Bonchev–Trinajstić information content (AvgIpc) is 3.18. The molecular formula is C17H21BrN2S. The molecule has 0 bridgehead atoms. The molecule has 4 heteroatoms. The van der Waals surface area contributed by atoms with Gasteiger partial charge < -0.3 is 10.2 Å². The highest BCUT2D eigenvalue weighted by Gasteiger charge is 2.21. The highest BCUT2D eigenvalue weighted by molar-refractivity contribution is 9.10. The molecule has 1 N–H and O–H groups in total. The van der Waals surface area contributed by atoms with Gasteiger partial charge in [0.1, 0.15) is 0 Å². The highest BCUT2D eigenvalue weighted by atomic mass is 79.9. The van der Waals surface area contributed by atoms with Crippen molar-refractivity contribution >= 4 is 33.0 Å². The van der Waals surface area contributed by atoms with E-state index in [1.54, 1.807) is 0 Å². The van der Waals surface area contributed by atoms with Crippen LogP contribution in [0.25, 0.3) is 0 Å². The van der Waals surface area contributed by atoms with Crippen LogP contribution in [-0.2, 0) is 13.1 Å². The van der Waals surface area contributed by atoms with Crippen LogP contribution in [0, 0.1) is 0 Å². The molecule has 1 fully saturated rings. The molecule has 1 heterocycles. The Morgan fingerprint density at radius 3 is 2.86 bits per heavy atom. The first kappa shape index (κ1) is 15.1. The van der Waals surface area contributed by atoms with E-state index < -0.39 is 0 Å². The molecule has 21 heavy (non-hydrogen) atoms. The lowest BCUT2D eigenvalue weighted by molar-refractivity contribution is 0.683. The van der Waals surface area contributed by atoms with Crippen molar-refractivity contribution in [2.75, 3.05) is 11.4 Å². The second-order valence-corrected chi connectivity index (χ2v) is 7.47. The van der Waals surface area contributed by atoms with Gasteiger partial charge in [-0.1, -0.05) is 28.1 Å². The van der Waals surface area contributed by atoms with Crippen molar-refractivity contribution in [1.82, 2.24) is 5.32 Å². The summed E-state index contributed by atoms with van der Waals surface area (Å²) in [6, 6.07) is 11.7. The van der Waals surface area contributed by atoms with Crippen LogP contribution in [0.15, 0.2) is 40.2 Å². The minimum Gasteiger partial charge on any atom is -0.366 e. The summed E-state index contributed by atoms with van der Waals surface area (Å²) in [6.45, 7) is 5.20. The van der Waals surface area contributed by atoms with Gasteiger partial charge >= 0.3 is 0 Å². The lowest BCUT2D eigenvalue weighted by Gasteiger charge is -2.26. The van der Waals surface area contributed by atoms with Crippen LogP contribution in [0.5, 0.6) is 0 Å². The van der Waals surface area contributed by atoms with Gasteiger partial charge in [0.2, 0.25) is 0 Å². The number of hydrogen-bond donors (Lipinski definition) is 1. The highest BCUT2D eigenvalue weighted by Crippen LogP contribution is 2.28. The summed E-state index contributed by atoms with van der Waals surface area (Å²) in [5, 5.41) is 5.78. The largest absolute Gasteiger partial charge is 0.366 e. The summed E-state index contributed by atoms with van der Waals surface area (Å²) in [5.74, 6) is 0. The van der Waals surface area contributed by atoms with E-state index in [-0.39, 0.29) is 0 Å². The topological polar surface area (TPSA) is 15.3 Å². The molecule has 1 aromatic heterocycles. The van der Waals surface area contributed by atoms with Crippen molar-refractivity contribution in [2.24, 2.45) is 0 Å². The van der Waals surface area contributed by atoms with Gasteiger partial charge in [-0.3, -0.25) is 0 Å². The summed E-state index contributed by atoms with van der Waals surface area (Å²) in [4.78, 5) is 3.87. The lowest BCUT2D eigenvalue weighted by atomic mass is 10.1. The molecule has 1 saturated carbocycles. The van der Waals surface area contributed by atoms with Crippen molar-refractivity contribution < 1.29 is 0 Å². The van der Waals surface area contributed by atoms with E-state index in [1.165, 1.54) is 29.0 Å². The Labute approximate surface area is 139 Å². The van der Waals surface area contributed by atoms with Gasteiger partial charge in [-0.25, -0.2) is 0 Å². The maximum absolute atomic E-state index is 3.63. The molecule has 0 aliphatic heterocycles. The zero-order chi connectivity index (χ0) is 14.7. The van der Waals surface area contributed by atoms with E-state index in [4.69, 9.17) is 0 Å². The third kappa shape index (κ3) is 4.09. The van der Waals surface area contributed by atoms with Gasteiger partial charge in [0, 0.05) is 34.2 Å². The molecule has 0 saturated heterocycles. The number of anilines is 1. The Hall–Kier alpha value is -0.840. The molecule has 0 spiro atoms. The Morgan fingerprint density at radius 2 is 2.19 bits per heavy atom. The Bertz CT molecular complexity index is 578. The van der Waals surface area contributed by atoms with Gasteiger partial charge in [0.05, 0.1) is 6.54 Å². The normalized spacial score (nSPS) is 14.4. The van der Waals surface area contributed by atoms with Gasteiger partial charge in [-0.15, -0.1) is 11.3 Å². The molecule has 2 aromatic rings. The quantitative estimate of drug-likeness (QED) is 0.759. The minimum absolute atomic E-state index is 0.744. The van der Waals surface area contributed by atoms with E-state index >= 15 is 0 Å². The van der Waals surface area contributed by atoms with Gasteiger partial charge in [-0.2, -0.15) is 0 Å². The molecule has 3 rings (SSSR count). The van der Waals surface area contributed by atoms with Gasteiger partial charge in [-0.05, 0) is 48.9 Å². The summed E-state index contributed by atoms with van der Waals surface area (Å²) in [7, 11) is 0. The van der Waals surface area contributed by atoms with E-state index in [0.717, 1.165) is 30.1 Å². The van der Waals surface area contributed by atoms with Crippen LogP contribution in [0.2, 0.25) is 0 Å². The van der Waals surface area contributed by atoms with Crippen molar-refractivity contribution in [2.45, 2.75) is 38.9 Å². The molecule has 1 aromatic carbocycles. The predicted molar refractivity (Wildman–Crippen MR) is 95.0 cm³/mol. The second kappa shape index (κ2) is 6.95. The van der Waals surface area contributed by atoms with Gasteiger partial charge in [0.25, 0.3) is 0 Å². The van der Waals surface area contributed by atoms with Crippen LogP contribution in [0.3, 0.4) is 0 Å². The number of rotatable bonds is 7. The standard InChI is InChI=1S/C17H21BrN2S/c1-2-20(12-16-4-3-9-21-16)17-10-14(18)6-5-13(17)11-19-15-7-8-15/h3-6,9-10,15,19H,2,7-8,11-12H2,1H3. The molecule has 0 radical (unpaired) electrons. The first-order valence-corrected chi connectivity index (χ1v) is 9.22. The Kier molecular flexibility index (Phi) is 4.99. The van der Waals surface area contributed by atoms with Crippen LogP contribution < -0.4 is 10.2 Å². The SMILES string of the molecule is CCN(Cc1cccs1)c1cc(Br)ccc1CNC1CC1. The van der Waals surface area contributed by atoms with E-state index in [0.29, 0.717) is 0 Å². The molecule has 0 amide bonds. The van der Waals surface area contributed by atoms with Crippen LogP contribution >= 0.6 is 27.3 Å². The fourth-order valence-corrected chi connectivity index (χ4v) is 3.55. The predicted octanol–water partition coefficient (Wildman–Crippen LogP) is 4.79. The van der Waals surface area contributed by atoms with E-state index in [1.807, 2.05) is 11.3 Å². The molecule has 112 valence electrons. The first-order chi connectivity index (χ1) is 10.3. The summed E-state index contributed by atoms with van der Waals surface area (Å²) in [5.41, 5.74) is 2.73. The molecule has 0 unspecified atom stereocenters. The van der Waals surface area contributed by atoms with Gasteiger partial charge in [0.15, 0.2) is 0 Å². The number of nitrogens with zero attached hydrogens (tertiary/aromatic N) is 1. The molecule has 0 atom stereocenters. The number of thiophene rings is 1. The molecular weight excluding hydrogens is 344 g/mol. The smallest absolute Gasteiger partial charge is 0.0522 e. The first-order valence-electron chi connectivity index (χ1n) is 7.55. The number of nitrogens with one attached hydrogen (secondary N) is 1. The van der Waals surface area contributed by atoms with Crippen LogP contribution in [0.1, 0.15) is 30.2 Å². The Balaban J connectivity index is 1.80. The average molecular weight is 365 g/mol. The van der Waals surface area contributed by atoms with Crippen molar-refractivity contribution in [3.05, 3.63) is 50.6 Å². The monoisotopic (exact) mass is 364 g/mol. The summed E-state index contributed by atoms with van der Waals surface area (Å²) in [6.07, 6.45) is 2.66. The van der Waals surface area contributed by atoms with Crippen molar-refractivity contribution in [3.8, 4) is 0 Å². The Morgan fingerprint density at radius 1 is 1.33 bits per heavy atom. The summed E-state index contributed by atoms with van der Waals surface area (Å²) < 4.78 is 1.15. The number of halogens is 1. The minimum atomic E-state index is 0.744. The zero-order valence-corrected chi connectivity index (χ0v) is 14.7. The maximum Gasteiger partial charge on any atom is 0.0522 e. The maximum atomic E-state index is 3.63. The number of benzene rings is 1. The summed E-state index contributed by atoms with van der Waals surface area (Å²) >= 11 is 5.45. The second-order valence-electron chi connectivity index (χ2n) is 5.52. The van der Waals surface area contributed by atoms with Crippen molar-refractivity contribution in [3.63, 3.8) is 0 Å². The van der Waals surface area contributed by atoms with Crippen LogP contribution in [0.4, 0.5) is 5.69 Å². The van der Waals surface area contributed by atoms with Crippen LogP contribution in [-0.4, -0.2) is 12.6 Å². The molecule has 1 aliphatic rings. The number of hydrogen-bond acceptors (Lipinski definition) is 3. The molecule has 1 aliphatic carbocycles.